The summed E-state index contributed by atoms with van der Waals surface area (Å²) in [6, 6.07) is 15.2. The first-order valence-corrected chi connectivity index (χ1v) is 17.3. The summed E-state index contributed by atoms with van der Waals surface area (Å²) in [5.41, 5.74) is 1.56. The molecule has 0 aromatic heterocycles. The molecule has 1 N–H and O–H groups in total. The Labute approximate surface area is 282 Å². The third-order valence-electron chi connectivity index (χ3n) is 8.91. The minimum Gasteiger partial charge on any atom is -0.588 e. The van der Waals surface area contributed by atoms with E-state index >= 15 is 0 Å². The second-order valence-electron chi connectivity index (χ2n) is 13.3. The zero-order chi connectivity index (χ0) is 33.5. The van der Waals surface area contributed by atoms with Crippen LogP contribution in [0.15, 0.2) is 59.5 Å². The number of carbonyl (C=O) groups excluding carboxylic acids is 2. The molecule has 2 heterocycles. The molecule has 6 rings (SSSR count). The van der Waals surface area contributed by atoms with Gasteiger partial charge in [0.15, 0.2) is 5.82 Å². The maximum absolute atomic E-state index is 14.7. The summed E-state index contributed by atoms with van der Waals surface area (Å²) in [5, 5.41) is 0.205. The fourth-order valence-electron chi connectivity index (χ4n) is 6.40. The number of benzene rings is 3. The van der Waals surface area contributed by atoms with Crippen LogP contribution in [0.3, 0.4) is 0 Å². The van der Waals surface area contributed by atoms with Gasteiger partial charge in [0.25, 0.3) is 0 Å². The minimum absolute atomic E-state index is 0.00109. The Bertz CT molecular complexity index is 1650. The first kappa shape index (κ1) is 33.2. The Morgan fingerprint density at radius 1 is 1.11 bits per heavy atom. The molecule has 1 unspecified atom stereocenters. The van der Waals surface area contributed by atoms with E-state index in [2.05, 4.69) is 4.72 Å². The number of hydrogen-bond acceptors (Lipinski definition) is 7. The number of likely N-dealkylation sites (tertiary alicyclic amines) is 1. The maximum atomic E-state index is 14.7. The number of carbonyl (C=O) groups is 2. The summed E-state index contributed by atoms with van der Waals surface area (Å²) in [6.07, 6.45) is 2.79. The van der Waals surface area contributed by atoms with Crippen LogP contribution in [0.25, 0.3) is 0 Å². The molecule has 1 spiro atoms. The highest BCUT2D eigenvalue weighted by molar-refractivity contribution is 7.92. The molecule has 2 amide bonds. The Balaban J connectivity index is 1.33. The van der Waals surface area contributed by atoms with E-state index in [0.717, 1.165) is 29.4 Å². The molecular weight excluding hydrogens is 645 g/mol. The number of ether oxygens (including phenoxy) is 3. The van der Waals surface area contributed by atoms with Gasteiger partial charge in [-0.05, 0) is 75.1 Å². The molecule has 47 heavy (non-hydrogen) atoms. The second-order valence-corrected chi connectivity index (χ2v) is 14.9. The third-order valence-corrected chi connectivity index (χ3v) is 10.3. The number of nitrogens with zero attached hydrogens (tertiary/aromatic N) is 2. The van der Waals surface area contributed by atoms with Crippen LogP contribution in [0.5, 0.6) is 11.5 Å². The summed E-state index contributed by atoms with van der Waals surface area (Å²) in [7, 11) is 1.61. The lowest BCUT2D eigenvalue weighted by Gasteiger charge is -2.37. The van der Waals surface area contributed by atoms with Gasteiger partial charge in [-0.15, -0.1) is 0 Å². The second kappa shape index (κ2) is 13.1. The number of piperidine rings is 1. The molecule has 9 nitrogen and oxygen atoms in total. The van der Waals surface area contributed by atoms with Gasteiger partial charge in [-0.25, -0.2) is 13.9 Å². The van der Waals surface area contributed by atoms with Crippen LogP contribution < -0.4 is 19.1 Å². The normalized spacial score (nSPS) is 18.1. The van der Waals surface area contributed by atoms with E-state index in [1.165, 1.54) is 12.1 Å². The van der Waals surface area contributed by atoms with Crippen LogP contribution in [-0.2, 0) is 32.9 Å². The van der Waals surface area contributed by atoms with Gasteiger partial charge in [-0.1, -0.05) is 30.2 Å². The standard InChI is InChI=1S/C35H39ClFN3O6S/c1-34(2,3)46-33(42)39-16-12-26(13-17-39)45-29-20-24(38-47(43)30-11-8-23(36)18-28(30)37)19-27-31(29)40(32(41)35(27)14-5-15-35)21-22-6-9-25(44-4)10-7-22/h6-11,18-20,26,38H,5,12-17,21H2,1-4H3. The highest BCUT2D eigenvalue weighted by Crippen LogP contribution is 2.57. The van der Waals surface area contributed by atoms with E-state index in [1.807, 2.05) is 51.1 Å². The predicted molar refractivity (Wildman–Crippen MR) is 179 cm³/mol. The van der Waals surface area contributed by atoms with Gasteiger partial charge in [0.05, 0.1) is 30.4 Å². The van der Waals surface area contributed by atoms with Crippen molar-refractivity contribution in [2.75, 3.05) is 29.8 Å². The number of amides is 2. The predicted octanol–water partition coefficient (Wildman–Crippen LogP) is 7.37. The molecule has 3 aromatic carbocycles. The van der Waals surface area contributed by atoms with E-state index in [4.69, 9.17) is 25.8 Å². The lowest BCUT2D eigenvalue weighted by atomic mass is 9.65. The fraction of sp³-hybridized carbons (Fsp3) is 0.429. The van der Waals surface area contributed by atoms with Crippen molar-refractivity contribution in [3.8, 4) is 11.5 Å². The Morgan fingerprint density at radius 3 is 2.40 bits per heavy atom. The Hall–Kier alpha value is -3.67. The molecule has 3 aliphatic rings. The van der Waals surface area contributed by atoms with Gasteiger partial charge in [-0.3, -0.25) is 4.79 Å². The van der Waals surface area contributed by atoms with Crippen molar-refractivity contribution >= 4 is 46.3 Å². The Kier molecular flexibility index (Phi) is 9.26. The van der Waals surface area contributed by atoms with Crippen molar-refractivity contribution in [2.45, 2.75) is 81.4 Å². The number of halogens is 2. The third kappa shape index (κ3) is 6.84. The van der Waals surface area contributed by atoms with Crippen LogP contribution in [0.4, 0.5) is 20.6 Å². The smallest absolute Gasteiger partial charge is 0.410 e. The monoisotopic (exact) mass is 683 g/mol. The van der Waals surface area contributed by atoms with Gasteiger partial charge in [0.2, 0.25) is 10.8 Å². The van der Waals surface area contributed by atoms with E-state index < -0.39 is 28.2 Å². The highest BCUT2D eigenvalue weighted by atomic mass is 35.5. The van der Waals surface area contributed by atoms with Crippen molar-refractivity contribution in [1.29, 1.82) is 0 Å². The average Bonchev–Trinajstić information content (AvgIpc) is 3.24. The molecule has 1 aliphatic carbocycles. The Morgan fingerprint density at radius 2 is 1.81 bits per heavy atom. The number of nitrogens with one attached hydrogen (secondary N) is 1. The molecular formula is C35H39ClFN3O6S. The summed E-state index contributed by atoms with van der Waals surface area (Å²) in [6.45, 7) is 6.76. The fourth-order valence-corrected chi connectivity index (χ4v) is 7.43. The van der Waals surface area contributed by atoms with Crippen LogP contribution in [0.1, 0.15) is 64.0 Å². The first-order chi connectivity index (χ1) is 22.4. The highest BCUT2D eigenvalue weighted by Gasteiger charge is 2.56. The van der Waals surface area contributed by atoms with Crippen LogP contribution in [0.2, 0.25) is 5.02 Å². The molecule has 12 heteroatoms. The number of hydrogen-bond donors (Lipinski definition) is 1. The summed E-state index contributed by atoms with van der Waals surface area (Å²) >= 11 is 3.97. The van der Waals surface area contributed by atoms with Gasteiger partial charge < -0.3 is 28.6 Å². The number of anilines is 2. The van der Waals surface area contributed by atoms with E-state index in [0.29, 0.717) is 62.4 Å². The average molecular weight is 684 g/mol. The molecule has 0 bridgehead atoms. The topological polar surface area (TPSA) is 103 Å². The zero-order valence-electron chi connectivity index (χ0n) is 26.9. The quantitative estimate of drug-likeness (QED) is 0.247. The summed E-state index contributed by atoms with van der Waals surface area (Å²) in [5.74, 6) is 0.509. The maximum Gasteiger partial charge on any atom is 0.410 e. The molecule has 3 aromatic rings. The molecule has 0 radical (unpaired) electrons. The SMILES string of the molecule is COc1ccc(CN2C(=O)C3(CCC3)c3cc(N[S+]([O-])c4ccc(Cl)cc4F)cc(OC4CCN(C(=O)OC(C)(C)C)CC4)c32)cc1. The molecule has 2 aliphatic heterocycles. The van der Waals surface area contributed by atoms with Crippen molar-refractivity contribution in [3.63, 3.8) is 0 Å². The van der Waals surface area contributed by atoms with Gasteiger partial charge in [0, 0.05) is 43.1 Å². The lowest BCUT2D eigenvalue weighted by Crippen LogP contribution is -2.45. The van der Waals surface area contributed by atoms with Crippen molar-refractivity contribution in [3.05, 3.63) is 76.6 Å². The first-order valence-electron chi connectivity index (χ1n) is 15.8. The van der Waals surface area contributed by atoms with E-state index in [9.17, 15) is 18.5 Å². The number of rotatable bonds is 8. The molecule has 250 valence electrons. The lowest BCUT2D eigenvalue weighted by molar-refractivity contribution is -0.126. The molecule has 1 saturated carbocycles. The van der Waals surface area contributed by atoms with Crippen LogP contribution in [0, 0.1) is 5.82 Å². The molecule has 2 fully saturated rings. The number of fused-ring (bicyclic) bond motifs is 2. The van der Waals surface area contributed by atoms with Gasteiger partial charge in [-0.2, -0.15) is 0 Å². The molecule has 1 saturated heterocycles. The summed E-state index contributed by atoms with van der Waals surface area (Å²) in [4.78, 5) is 30.4. The van der Waals surface area contributed by atoms with Gasteiger partial charge in [0.1, 0.15) is 34.6 Å². The van der Waals surface area contributed by atoms with E-state index in [1.54, 1.807) is 23.0 Å². The van der Waals surface area contributed by atoms with Crippen LogP contribution in [-0.4, -0.2) is 53.4 Å². The van der Waals surface area contributed by atoms with Gasteiger partial charge >= 0.3 is 6.09 Å². The zero-order valence-corrected chi connectivity index (χ0v) is 28.5. The number of methoxy groups -OCH3 is 1. The van der Waals surface area contributed by atoms with E-state index in [-0.39, 0.29) is 28.0 Å². The minimum atomic E-state index is -1.95. The van der Waals surface area contributed by atoms with Crippen molar-refractivity contribution in [1.82, 2.24) is 4.90 Å². The van der Waals surface area contributed by atoms with Crippen LogP contribution >= 0.6 is 11.6 Å². The van der Waals surface area contributed by atoms with Crippen molar-refractivity contribution in [2.24, 2.45) is 0 Å². The summed E-state index contributed by atoms with van der Waals surface area (Å²) < 4.78 is 48.6. The largest absolute Gasteiger partial charge is 0.588 e. The van der Waals surface area contributed by atoms with Crippen molar-refractivity contribution < 1.29 is 32.7 Å². The molecule has 1 atom stereocenters.